The highest BCUT2D eigenvalue weighted by atomic mass is 32.2. The third kappa shape index (κ3) is 3.33. The van der Waals surface area contributed by atoms with E-state index < -0.39 is 27.6 Å². The standard InChI is InChI=1S/C18H11F3O4S/c19-18(20,21)12-7-5-11(6-8-12)17(22)15-9-10-16(26(23,24)25)14-4-2-1-3-13(14)15/h1-10H,(H,23,24,25). The molecule has 1 N–H and O–H groups in total. The Morgan fingerprint density at radius 3 is 1.96 bits per heavy atom. The van der Waals surface area contributed by atoms with Crippen LogP contribution in [0.15, 0.2) is 65.6 Å². The maximum Gasteiger partial charge on any atom is 0.416 e. The Labute approximate surface area is 146 Å². The molecule has 0 radical (unpaired) electrons. The summed E-state index contributed by atoms with van der Waals surface area (Å²) in [5.41, 5.74) is -0.726. The SMILES string of the molecule is O=C(c1ccc(C(F)(F)F)cc1)c1ccc(S(=O)(=O)O)c2ccccc12. The first-order chi connectivity index (χ1) is 12.1. The number of benzene rings is 3. The van der Waals surface area contributed by atoms with E-state index in [1.54, 1.807) is 12.1 Å². The molecule has 0 bridgehead atoms. The van der Waals surface area contributed by atoms with Crippen molar-refractivity contribution < 1.29 is 30.9 Å². The van der Waals surface area contributed by atoms with Crippen molar-refractivity contribution in [2.75, 3.05) is 0 Å². The molecule has 0 fully saturated rings. The monoisotopic (exact) mass is 380 g/mol. The van der Waals surface area contributed by atoms with E-state index in [0.717, 1.165) is 30.3 Å². The fraction of sp³-hybridized carbons (Fsp3) is 0.0556. The Morgan fingerprint density at radius 2 is 1.42 bits per heavy atom. The third-order valence-electron chi connectivity index (χ3n) is 3.88. The van der Waals surface area contributed by atoms with E-state index in [2.05, 4.69) is 0 Å². The zero-order valence-corrected chi connectivity index (χ0v) is 13.8. The maximum absolute atomic E-state index is 12.7. The van der Waals surface area contributed by atoms with Crippen molar-refractivity contribution in [3.63, 3.8) is 0 Å². The van der Waals surface area contributed by atoms with Gasteiger partial charge < -0.3 is 0 Å². The van der Waals surface area contributed by atoms with Gasteiger partial charge in [0, 0.05) is 16.5 Å². The highest BCUT2D eigenvalue weighted by molar-refractivity contribution is 7.86. The van der Waals surface area contributed by atoms with Gasteiger partial charge in [-0.05, 0) is 29.7 Å². The number of hydrogen-bond acceptors (Lipinski definition) is 3. The van der Waals surface area contributed by atoms with Gasteiger partial charge in [-0.2, -0.15) is 21.6 Å². The molecule has 0 saturated heterocycles. The molecule has 8 heteroatoms. The van der Waals surface area contributed by atoms with Crippen molar-refractivity contribution in [3.8, 4) is 0 Å². The van der Waals surface area contributed by atoms with Crippen LogP contribution < -0.4 is 0 Å². The molecular formula is C18H11F3O4S. The number of alkyl halides is 3. The molecule has 0 aliphatic carbocycles. The fourth-order valence-electron chi connectivity index (χ4n) is 2.66. The maximum atomic E-state index is 12.7. The van der Waals surface area contributed by atoms with E-state index in [1.165, 1.54) is 18.2 Å². The summed E-state index contributed by atoms with van der Waals surface area (Å²) in [5, 5.41) is 0.417. The topological polar surface area (TPSA) is 71.4 Å². The summed E-state index contributed by atoms with van der Waals surface area (Å²) in [6, 6.07) is 12.1. The number of halogens is 3. The van der Waals surface area contributed by atoms with Gasteiger partial charge in [-0.3, -0.25) is 9.35 Å². The molecule has 3 rings (SSSR count). The van der Waals surface area contributed by atoms with E-state index in [9.17, 15) is 30.9 Å². The molecule has 0 atom stereocenters. The van der Waals surface area contributed by atoms with Gasteiger partial charge in [0.25, 0.3) is 10.1 Å². The van der Waals surface area contributed by atoms with Gasteiger partial charge in [0.15, 0.2) is 5.78 Å². The molecule has 0 aliphatic rings. The molecule has 0 unspecified atom stereocenters. The molecule has 0 spiro atoms. The first kappa shape index (κ1) is 18.1. The van der Waals surface area contributed by atoms with Crippen LogP contribution >= 0.6 is 0 Å². The minimum Gasteiger partial charge on any atom is -0.289 e. The molecule has 0 amide bonds. The van der Waals surface area contributed by atoms with E-state index in [4.69, 9.17) is 0 Å². The van der Waals surface area contributed by atoms with Crippen molar-refractivity contribution in [2.45, 2.75) is 11.1 Å². The number of hydrogen-bond donors (Lipinski definition) is 1. The number of rotatable bonds is 3. The molecular weight excluding hydrogens is 369 g/mol. The lowest BCUT2D eigenvalue weighted by Crippen LogP contribution is -2.08. The highest BCUT2D eigenvalue weighted by Crippen LogP contribution is 2.31. The second-order valence-corrected chi connectivity index (χ2v) is 6.93. The molecule has 4 nitrogen and oxygen atoms in total. The van der Waals surface area contributed by atoms with Crippen LogP contribution in [0.4, 0.5) is 13.2 Å². The van der Waals surface area contributed by atoms with Crippen LogP contribution in [0.3, 0.4) is 0 Å². The van der Waals surface area contributed by atoms with Crippen LogP contribution in [-0.2, 0) is 16.3 Å². The van der Waals surface area contributed by atoms with Gasteiger partial charge in [-0.25, -0.2) is 0 Å². The number of ketones is 1. The van der Waals surface area contributed by atoms with Crippen LogP contribution in [-0.4, -0.2) is 18.8 Å². The Balaban J connectivity index is 2.13. The number of carbonyl (C=O) groups excluding carboxylic acids is 1. The lowest BCUT2D eigenvalue weighted by molar-refractivity contribution is -0.137. The third-order valence-corrected chi connectivity index (χ3v) is 4.79. The zero-order chi connectivity index (χ0) is 19.1. The van der Waals surface area contributed by atoms with E-state index in [1.807, 2.05) is 0 Å². The van der Waals surface area contributed by atoms with Crippen molar-refractivity contribution in [3.05, 3.63) is 77.4 Å². The van der Waals surface area contributed by atoms with E-state index >= 15 is 0 Å². The summed E-state index contributed by atoms with van der Waals surface area (Å²) in [4.78, 5) is 12.3. The largest absolute Gasteiger partial charge is 0.416 e. The summed E-state index contributed by atoms with van der Waals surface area (Å²) >= 11 is 0. The Hall–Kier alpha value is -2.71. The smallest absolute Gasteiger partial charge is 0.289 e. The second-order valence-electron chi connectivity index (χ2n) is 5.54. The highest BCUT2D eigenvalue weighted by Gasteiger charge is 2.30. The van der Waals surface area contributed by atoms with Crippen LogP contribution in [0, 0.1) is 0 Å². The molecule has 26 heavy (non-hydrogen) atoms. The first-order valence-corrected chi connectivity index (χ1v) is 8.74. The average molecular weight is 380 g/mol. The molecule has 134 valence electrons. The van der Waals surface area contributed by atoms with Crippen molar-refractivity contribution in [1.29, 1.82) is 0 Å². The second kappa shape index (κ2) is 6.22. The minimum absolute atomic E-state index is 0.0303. The van der Waals surface area contributed by atoms with Crippen LogP contribution in [0.5, 0.6) is 0 Å². The summed E-state index contributed by atoms with van der Waals surface area (Å²) in [5.74, 6) is -0.559. The van der Waals surface area contributed by atoms with Gasteiger partial charge in [0.1, 0.15) is 4.90 Å². The minimum atomic E-state index is -4.51. The fourth-order valence-corrected chi connectivity index (χ4v) is 3.36. The van der Waals surface area contributed by atoms with Gasteiger partial charge in [-0.15, -0.1) is 0 Å². The van der Waals surface area contributed by atoms with Gasteiger partial charge in [0.2, 0.25) is 0 Å². The number of carbonyl (C=O) groups is 1. The Bertz CT molecular complexity index is 1100. The number of fused-ring (bicyclic) bond motifs is 1. The van der Waals surface area contributed by atoms with E-state index in [-0.39, 0.29) is 26.8 Å². The average Bonchev–Trinajstić information content (AvgIpc) is 2.58. The summed E-state index contributed by atoms with van der Waals surface area (Å²) < 4.78 is 70.2. The molecule has 0 aromatic heterocycles. The molecule has 3 aromatic rings. The summed E-state index contributed by atoms with van der Waals surface area (Å²) in [7, 11) is -4.49. The predicted molar refractivity (Wildman–Crippen MR) is 88.6 cm³/mol. The van der Waals surface area contributed by atoms with Crippen molar-refractivity contribution >= 4 is 26.7 Å². The normalized spacial score (nSPS) is 12.3. The Kier molecular flexibility index (Phi) is 4.33. The van der Waals surface area contributed by atoms with Crippen LogP contribution in [0.1, 0.15) is 21.5 Å². The van der Waals surface area contributed by atoms with Gasteiger partial charge in [-0.1, -0.05) is 36.4 Å². The molecule has 3 aromatic carbocycles. The molecule has 0 aliphatic heterocycles. The summed E-state index contributed by atoms with van der Waals surface area (Å²) in [6.07, 6.45) is -4.51. The van der Waals surface area contributed by atoms with E-state index in [0.29, 0.717) is 0 Å². The molecule has 0 heterocycles. The van der Waals surface area contributed by atoms with Crippen LogP contribution in [0.25, 0.3) is 10.8 Å². The predicted octanol–water partition coefficient (Wildman–Crippen LogP) is 4.34. The lowest BCUT2D eigenvalue weighted by Gasteiger charge is -2.10. The lowest BCUT2D eigenvalue weighted by atomic mass is 9.96. The quantitative estimate of drug-likeness (QED) is 0.542. The van der Waals surface area contributed by atoms with Crippen LogP contribution in [0.2, 0.25) is 0 Å². The van der Waals surface area contributed by atoms with Gasteiger partial charge in [0.05, 0.1) is 5.56 Å². The van der Waals surface area contributed by atoms with Crippen molar-refractivity contribution in [2.24, 2.45) is 0 Å². The first-order valence-electron chi connectivity index (χ1n) is 7.30. The summed E-state index contributed by atoms with van der Waals surface area (Å²) in [6.45, 7) is 0. The molecule has 0 saturated carbocycles. The zero-order valence-electron chi connectivity index (χ0n) is 13.0. The van der Waals surface area contributed by atoms with Crippen molar-refractivity contribution in [1.82, 2.24) is 0 Å². The Morgan fingerprint density at radius 1 is 0.846 bits per heavy atom. The van der Waals surface area contributed by atoms with Gasteiger partial charge >= 0.3 is 6.18 Å².